The lowest BCUT2D eigenvalue weighted by molar-refractivity contribution is 0.102. The lowest BCUT2D eigenvalue weighted by Crippen LogP contribution is -2.12. The standard InChI is InChI=1S/C11H12N4O3S3/c1-19-11-14-13-10(20-11)12-9(16)7-3-5-8(6-4-7)15-21(2,17)18/h3-6,15H,1-2H3,(H,12,13,16). The molecule has 1 aromatic carbocycles. The number of carbonyl (C=O) groups excluding carboxylic acids is 1. The average molecular weight is 344 g/mol. The maximum absolute atomic E-state index is 12.0. The van der Waals surface area contributed by atoms with Crippen molar-refractivity contribution in [2.24, 2.45) is 0 Å². The molecule has 0 radical (unpaired) electrons. The van der Waals surface area contributed by atoms with E-state index >= 15 is 0 Å². The van der Waals surface area contributed by atoms with Gasteiger partial charge in [0.05, 0.1) is 6.26 Å². The molecule has 1 amide bonds. The number of aromatic nitrogens is 2. The van der Waals surface area contributed by atoms with Crippen molar-refractivity contribution in [2.45, 2.75) is 4.34 Å². The van der Waals surface area contributed by atoms with Gasteiger partial charge in [0.15, 0.2) is 4.34 Å². The first kappa shape index (κ1) is 15.7. The van der Waals surface area contributed by atoms with Crippen LogP contribution in [0.3, 0.4) is 0 Å². The molecule has 2 N–H and O–H groups in total. The van der Waals surface area contributed by atoms with E-state index < -0.39 is 10.0 Å². The number of hydrogen-bond donors (Lipinski definition) is 2. The van der Waals surface area contributed by atoms with Gasteiger partial charge in [-0.05, 0) is 30.5 Å². The van der Waals surface area contributed by atoms with Gasteiger partial charge in [-0.15, -0.1) is 10.2 Å². The highest BCUT2D eigenvalue weighted by Crippen LogP contribution is 2.23. The molecule has 21 heavy (non-hydrogen) atoms. The molecule has 0 bridgehead atoms. The van der Waals surface area contributed by atoms with Crippen molar-refractivity contribution in [3.63, 3.8) is 0 Å². The van der Waals surface area contributed by atoms with Crippen LogP contribution in [0.15, 0.2) is 28.6 Å². The predicted octanol–water partition coefficient (Wildman–Crippen LogP) is 1.88. The molecular formula is C11H12N4O3S3. The highest BCUT2D eigenvalue weighted by Gasteiger charge is 2.10. The minimum Gasteiger partial charge on any atom is -0.296 e. The Bertz CT molecular complexity index is 740. The molecule has 0 aliphatic heterocycles. The molecule has 0 saturated carbocycles. The molecule has 0 atom stereocenters. The van der Waals surface area contributed by atoms with E-state index in [0.29, 0.717) is 16.4 Å². The fourth-order valence-corrected chi connectivity index (χ4v) is 3.15. The van der Waals surface area contributed by atoms with E-state index in [9.17, 15) is 13.2 Å². The summed E-state index contributed by atoms with van der Waals surface area (Å²) in [5.74, 6) is -0.329. The van der Waals surface area contributed by atoms with Gasteiger partial charge in [-0.3, -0.25) is 14.8 Å². The van der Waals surface area contributed by atoms with Crippen molar-refractivity contribution >= 4 is 49.8 Å². The first-order chi connectivity index (χ1) is 9.87. The molecule has 0 spiro atoms. The fraction of sp³-hybridized carbons (Fsp3) is 0.182. The summed E-state index contributed by atoms with van der Waals surface area (Å²) >= 11 is 2.73. The number of benzene rings is 1. The van der Waals surface area contributed by atoms with Crippen LogP contribution in [-0.4, -0.2) is 37.0 Å². The van der Waals surface area contributed by atoms with E-state index in [0.717, 1.165) is 10.6 Å². The quantitative estimate of drug-likeness (QED) is 0.634. The molecule has 0 unspecified atom stereocenters. The molecule has 0 saturated heterocycles. The molecule has 1 heterocycles. The van der Waals surface area contributed by atoms with Gasteiger partial charge in [0.2, 0.25) is 15.2 Å². The number of rotatable bonds is 5. The van der Waals surface area contributed by atoms with Crippen LogP contribution in [-0.2, 0) is 10.0 Å². The summed E-state index contributed by atoms with van der Waals surface area (Å²) in [6, 6.07) is 6.09. The Kier molecular flexibility index (Phi) is 4.80. The molecular weight excluding hydrogens is 332 g/mol. The van der Waals surface area contributed by atoms with Gasteiger partial charge in [-0.2, -0.15) is 0 Å². The SMILES string of the molecule is CSc1nnc(NC(=O)c2ccc(NS(C)(=O)=O)cc2)s1. The normalized spacial score (nSPS) is 11.1. The van der Waals surface area contributed by atoms with Crippen LogP contribution in [0.5, 0.6) is 0 Å². The summed E-state index contributed by atoms with van der Waals surface area (Å²) in [6.07, 6.45) is 2.94. The zero-order valence-electron chi connectivity index (χ0n) is 11.2. The molecule has 0 aliphatic carbocycles. The van der Waals surface area contributed by atoms with Gasteiger partial charge in [0.1, 0.15) is 0 Å². The van der Waals surface area contributed by atoms with Gasteiger partial charge >= 0.3 is 0 Å². The summed E-state index contributed by atoms with van der Waals surface area (Å²) in [5, 5.41) is 10.8. The van der Waals surface area contributed by atoms with Crippen molar-refractivity contribution in [1.82, 2.24) is 10.2 Å². The first-order valence-corrected chi connectivity index (χ1v) is 9.57. The second-order valence-electron chi connectivity index (χ2n) is 3.98. The van der Waals surface area contributed by atoms with E-state index in [4.69, 9.17) is 0 Å². The van der Waals surface area contributed by atoms with E-state index in [1.54, 1.807) is 0 Å². The Morgan fingerprint density at radius 1 is 1.24 bits per heavy atom. The van der Waals surface area contributed by atoms with Crippen LogP contribution in [0.25, 0.3) is 0 Å². The lowest BCUT2D eigenvalue weighted by atomic mass is 10.2. The summed E-state index contributed by atoms with van der Waals surface area (Å²) < 4.78 is 25.3. The number of anilines is 2. The van der Waals surface area contributed by atoms with Crippen LogP contribution < -0.4 is 10.0 Å². The molecule has 10 heteroatoms. The lowest BCUT2D eigenvalue weighted by Gasteiger charge is -2.05. The van der Waals surface area contributed by atoms with Crippen molar-refractivity contribution in [3.8, 4) is 0 Å². The number of nitrogens with zero attached hydrogens (tertiary/aromatic N) is 2. The number of carbonyl (C=O) groups is 1. The number of thioether (sulfide) groups is 1. The van der Waals surface area contributed by atoms with E-state index in [-0.39, 0.29) is 5.91 Å². The number of amides is 1. The van der Waals surface area contributed by atoms with Crippen molar-refractivity contribution in [3.05, 3.63) is 29.8 Å². The number of nitrogens with one attached hydrogen (secondary N) is 2. The Morgan fingerprint density at radius 3 is 2.43 bits per heavy atom. The minimum atomic E-state index is -3.33. The van der Waals surface area contributed by atoms with Gasteiger partial charge in [-0.25, -0.2) is 8.42 Å². The second-order valence-corrected chi connectivity index (χ2v) is 7.76. The van der Waals surface area contributed by atoms with Crippen LogP contribution >= 0.6 is 23.1 Å². The Hall–Kier alpha value is -1.65. The third kappa shape index (κ3) is 4.69. The zero-order valence-corrected chi connectivity index (χ0v) is 13.6. The summed E-state index contributed by atoms with van der Waals surface area (Å²) in [7, 11) is -3.33. The van der Waals surface area contributed by atoms with Crippen LogP contribution in [0, 0.1) is 0 Å². The summed E-state index contributed by atoms with van der Waals surface area (Å²) in [5.41, 5.74) is 0.796. The average Bonchev–Trinajstić information content (AvgIpc) is 2.85. The van der Waals surface area contributed by atoms with Crippen molar-refractivity contribution in [1.29, 1.82) is 0 Å². The summed E-state index contributed by atoms with van der Waals surface area (Å²) in [4.78, 5) is 12.0. The molecule has 112 valence electrons. The molecule has 1 aromatic heterocycles. The highest BCUT2D eigenvalue weighted by atomic mass is 32.2. The van der Waals surface area contributed by atoms with Crippen LogP contribution in [0.4, 0.5) is 10.8 Å². The van der Waals surface area contributed by atoms with E-state index in [1.165, 1.54) is 47.4 Å². The van der Waals surface area contributed by atoms with Crippen LogP contribution in [0.1, 0.15) is 10.4 Å². The molecule has 2 aromatic rings. The Morgan fingerprint density at radius 2 is 1.90 bits per heavy atom. The number of sulfonamides is 1. The topological polar surface area (TPSA) is 101 Å². The van der Waals surface area contributed by atoms with Gasteiger partial charge in [0, 0.05) is 11.3 Å². The smallest absolute Gasteiger partial charge is 0.257 e. The second kappa shape index (κ2) is 6.41. The number of hydrogen-bond acceptors (Lipinski definition) is 7. The maximum Gasteiger partial charge on any atom is 0.257 e. The highest BCUT2D eigenvalue weighted by molar-refractivity contribution is 8.00. The molecule has 0 fully saturated rings. The largest absolute Gasteiger partial charge is 0.296 e. The minimum absolute atomic E-state index is 0.329. The monoisotopic (exact) mass is 344 g/mol. The van der Waals surface area contributed by atoms with Gasteiger partial charge < -0.3 is 0 Å². The fourth-order valence-electron chi connectivity index (χ4n) is 1.42. The first-order valence-electron chi connectivity index (χ1n) is 5.64. The van der Waals surface area contributed by atoms with Gasteiger partial charge in [-0.1, -0.05) is 23.1 Å². The Labute approximate surface area is 130 Å². The predicted molar refractivity (Wildman–Crippen MR) is 84.6 cm³/mol. The maximum atomic E-state index is 12.0. The molecule has 2 rings (SSSR count). The third-order valence-corrected chi connectivity index (χ3v) is 4.67. The third-order valence-electron chi connectivity index (χ3n) is 2.25. The molecule has 7 nitrogen and oxygen atoms in total. The summed E-state index contributed by atoms with van der Waals surface area (Å²) in [6.45, 7) is 0. The zero-order chi connectivity index (χ0) is 15.5. The molecule has 0 aliphatic rings. The Balaban J connectivity index is 2.06. The van der Waals surface area contributed by atoms with Gasteiger partial charge in [0.25, 0.3) is 5.91 Å². The van der Waals surface area contributed by atoms with Crippen LogP contribution in [0.2, 0.25) is 0 Å². The van der Waals surface area contributed by atoms with Crippen molar-refractivity contribution in [2.75, 3.05) is 22.6 Å². The van der Waals surface area contributed by atoms with Crippen molar-refractivity contribution < 1.29 is 13.2 Å². The van der Waals surface area contributed by atoms with E-state index in [1.807, 2.05) is 6.26 Å². The van der Waals surface area contributed by atoms with E-state index in [2.05, 4.69) is 20.2 Å².